The third-order valence-electron chi connectivity index (χ3n) is 4.19. The van der Waals surface area contributed by atoms with Gasteiger partial charge in [0.15, 0.2) is 17.0 Å². The molecule has 0 N–H and O–H groups in total. The third-order valence-corrected chi connectivity index (χ3v) is 4.19. The van der Waals surface area contributed by atoms with Crippen LogP contribution in [0.5, 0.6) is 0 Å². The van der Waals surface area contributed by atoms with E-state index in [-0.39, 0.29) is 30.0 Å². The van der Waals surface area contributed by atoms with Crippen LogP contribution in [0.15, 0.2) is 36.4 Å². The summed E-state index contributed by atoms with van der Waals surface area (Å²) in [6.07, 6.45) is -4.57. The van der Waals surface area contributed by atoms with Gasteiger partial charge in [-0.1, -0.05) is 29.8 Å². The Morgan fingerprint density at radius 2 is 1.93 bits per heavy atom. The lowest BCUT2D eigenvalue weighted by Gasteiger charge is -2.13. The summed E-state index contributed by atoms with van der Waals surface area (Å²) in [5, 5.41) is 12.4. The highest BCUT2D eigenvalue weighted by Gasteiger charge is 2.35. The topological polar surface area (TPSA) is 74.3 Å². The number of fused-ring (bicyclic) bond motifs is 1. The predicted molar refractivity (Wildman–Crippen MR) is 95.4 cm³/mol. The summed E-state index contributed by atoms with van der Waals surface area (Å²) in [5.74, 6) is -0.578. The number of alkyl halides is 3. The highest BCUT2D eigenvalue weighted by Crippen LogP contribution is 2.32. The summed E-state index contributed by atoms with van der Waals surface area (Å²) in [6, 6.07) is 11.0. The van der Waals surface area contributed by atoms with Gasteiger partial charge in [-0.05, 0) is 13.0 Å². The molecular weight excluding hydrogens is 371 g/mol. The van der Waals surface area contributed by atoms with Gasteiger partial charge in [-0.25, -0.2) is 9.50 Å². The summed E-state index contributed by atoms with van der Waals surface area (Å²) in [4.78, 5) is 17.9. The first-order valence-corrected chi connectivity index (χ1v) is 8.38. The fourth-order valence-electron chi connectivity index (χ4n) is 2.67. The second kappa shape index (κ2) is 7.31. The van der Waals surface area contributed by atoms with E-state index in [1.54, 1.807) is 24.3 Å². The van der Waals surface area contributed by atoms with E-state index in [4.69, 9.17) is 5.26 Å². The molecule has 2 aromatic heterocycles. The minimum absolute atomic E-state index is 0.0811. The second-order valence-corrected chi connectivity index (χ2v) is 6.32. The highest BCUT2D eigenvalue weighted by atomic mass is 19.4. The summed E-state index contributed by atoms with van der Waals surface area (Å²) < 4.78 is 41.4. The number of amides is 1. The van der Waals surface area contributed by atoms with Gasteiger partial charge in [-0.3, -0.25) is 4.79 Å². The number of nitriles is 1. The first-order valence-electron chi connectivity index (χ1n) is 8.38. The Hall–Kier alpha value is -3.41. The Bertz CT molecular complexity index is 1060. The predicted octanol–water partition coefficient (Wildman–Crippen LogP) is 3.71. The molecule has 0 atom stereocenters. The van der Waals surface area contributed by atoms with Crippen molar-refractivity contribution in [2.24, 2.45) is 0 Å². The summed E-state index contributed by atoms with van der Waals surface area (Å²) in [6.45, 7) is 2.02. The van der Waals surface area contributed by atoms with Crippen molar-refractivity contribution >= 4 is 11.6 Å². The number of benzene rings is 1. The number of nitrogens with zero attached hydrogens (tertiary/aromatic N) is 5. The molecule has 0 saturated carbocycles. The molecule has 6 nitrogen and oxygen atoms in total. The molecule has 28 heavy (non-hydrogen) atoms. The molecule has 0 unspecified atom stereocenters. The van der Waals surface area contributed by atoms with Crippen LogP contribution >= 0.6 is 0 Å². The molecule has 0 fully saturated rings. The zero-order valence-corrected chi connectivity index (χ0v) is 15.2. The lowest BCUT2D eigenvalue weighted by Crippen LogP contribution is -2.28. The van der Waals surface area contributed by atoms with Gasteiger partial charge in [-0.2, -0.15) is 23.5 Å². The number of halogens is 3. The highest BCUT2D eigenvalue weighted by molar-refractivity contribution is 5.93. The Balaban J connectivity index is 2.12. The van der Waals surface area contributed by atoms with Gasteiger partial charge in [0.05, 0.1) is 18.2 Å². The average molecular weight is 387 g/mol. The van der Waals surface area contributed by atoms with Crippen LogP contribution in [0.25, 0.3) is 16.9 Å². The largest absolute Gasteiger partial charge is 0.433 e. The fourth-order valence-corrected chi connectivity index (χ4v) is 2.67. The second-order valence-electron chi connectivity index (χ2n) is 6.32. The van der Waals surface area contributed by atoms with Crippen molar-refractivity contribution in [2.45, 2.75) is 19.5 Å². The molecule has 1 amide bonds. The van der Waals surface area contributed by atoms with Crippen molar-refractivity contribution in [2.75, 3.05) is 13.6 Å². The van der Waals surface area contributed by atoms with Crippen LogP contribution in [0.2, 0.25) is 0 Å². The Kier molecular flexibility index (Phi) is 5.05. The Morgan fingerprint density at radius 1 is 1.25 bits per heavy atom. The molecule has 0 spiro atoms. The first-order chi connectivity index (χ1) is 13.2. The maximum Gasteiger partial charge on any atom is 0.433 e. The standard InChI is InChI=1S/C19H16F3N5O/c1-12-4-6-13(7-5-12)14-10-16(19(20,21)22)27-17(24-14)11-15(25-27)18(28)26(2)9-3-8-23/h4-7,10-11H,3,9H2,1-2H3. The van der Waals surface area contributed by atoms with Crippen LogP contribution in [0.1, 0.15) is 28.2 Å². The smallest absolute Gasteiger partial charge is 0.339 e. The van der Waals surface area contributed by atoms with Crippen molar-refractivity contribution in [3.05, 3.63) is 53.3 Å². The normalized spacial score (nSPS) is 11.4. The number of aryl methyl sites for hydroxylation is 1. The van der Waals surface area contributed by atoms with Crippen LogP contribution in [0.3, 0.4) is 0 Å². The van der Waals surface area contributed by atoms with Gasteiger partial charge in [-0.15, -0.1) is 0 Å². The van der Waals surface area contributed by atoms with Gasteiger partial charge in [0.1, 0.15) is 0 Å². The van der Waals surface area contributed by atoms with Crippen molar-refractivity contribution in [1.29, 1.82) is 5.26 Å². The van der Waals surface area contributed by atoms with Crippen LogP contribution in [0, 0.1) is 18.3 Å². The van der Waals surface area contributed by atoms with E-state index in [2.05, 4.69) is 10.1 Å². The summed E-state index contributed by atoms with van der Waals surface area (Å²) in [5.41, 5.74) is 0.364. The molecule has 144 valence electrons. The molecule has 0 radical (unpaired) electrons. The maximum atomic E-state index is 13.6. The average Bonchev–Trinajstić information content (AvgIpc) is 3.08. The number of rotatable bonds is 4. The van der Waals surface area contributed by atoms with E-state index in [1.165, 1.54) is 18.0 Å². The minimum atomic E-state index is -4.68. The van der Waals surface area contributed by atoms with Crippen LogP contribution in [-0.4, -0.2) is 39.0 Å². The molecule has 3 rings (SSSR count). The molecule has 0 aliphatic heterocycles. The fraction of sp³-hybridized carbons (Fsp3) is 0.263. The summed E-state index contributed by atoms with van der Waals surface area (Å²) >= 11 is 0. The van der Waals surface area contributed by atoms with Crippen LogP contribution in [-0.2, 0) is 6.18 Å². The zero-order valence-electron chi connectivity index (χ0n) is 15.2. The number of hydrogen-bond acceptors (Lipinski definition) is 4. The first kappa shape index (κ1) is 19.4. The van der Waals surface area contributed by atoms with Crippen LogP contribution < -0.4 is 0 Å². The number of carbonyl (C=O) groups is 1. The van der Waals surface area contributed by atoms with Gasteiger partial charge < -0.3 is 4.90 Å². The Morgan fingerprint density at radius 3 is 2.54 bits per heavy atom. The molecule has 0 bridgehead atoms. The van der Waals surface area contributed by atoms with E-state index < -0.39 is 17.8 Å². The molecule has 1 aromatic carbocycles. The van der Waals surface area contributed by atoms with E-state index in [0.717, 1.165) is 11.6 Å². The molecular formula is C19H16F3N5O. The van der Waals surface area contributed by atoms with Gasteiger partial charge in [0, 0.05) is 25.2 Å². The molecule has 9 heteroatoms. The van der Waals surface area contributed by atoms with Crippen molar-refractivity contribution in [3.8, 4) is 17.3 Å². The monoisotopic (exact) mass is 387 g/mol. The van der Waals surface area contributed by atoms with E-state index in [1.807, 2.05) is 13.0 Å². The molecule has 0 aliphatic carbocycles. The molecule has 0 saturated heterocycles. The number of carbonyl (C=O) groups excluding carboxylic acids is 1. The molecule has 0 aliphatic rings. The lowest BCUT2D eigenvalue weighted by molar-refractivity contribution is -0.142. The van der Waals surface area contributed by atoms with Crippen molar-refractivity contribution < 1.29 is 18.0 Å². The molecule has 2 heterocycles. The van der Waals surface area contributed by atoms with Gasteiger partial charge in [0.2, 0.25) is 0 Å². The Labute approximate surface area is 158 Å². The van der Waals surface area contributed by atoms with E-state index >= 15 is 0 Å². The SMILES string of the molecule is Cc1ccc(-c2cc(C(F)(F)F)n3nc(C(=O)N(C)CCC#N)cc3n2)cc1. The van der Waals surface area contributed by atoms with Crippen molar-refractivity contribution in [1.82, 2.24) is 19.5 Å². The maximum absolute atomic E-state index is 13.6. The van der Waals surface area contributed by atoms with Crippen LogP contribution in [0.4, 0.5) is 13.2 Å². The number of hydrogen-bond donors (Lipinski definition) is 0. The van der Waals surface area contributed by atoms with E-state index in [0.29, 0.717) is 10.1 Å². The minimum Gasteiger partial charge on any atom is -0.339 e. The van der Waals surface area contributed by atoms with Gasteiger partial charge in [0.25, 0.3) is 5.91 Å². The molecule has 3 aromatic rings. The zero-order chi connectivity index (χ0) is 20.5. The lowest BCUT2D eigenvalue weighted by atomic mass is 10.1. The third kappa shape index (κ3) is 3.81. The number of aromatic nitrogens is 3. The summed E-state index contributed by atoms with van der Waals surface area (Å²) in [7, 11) is 1.46. The quantitative estimate of drug-likeness (QED) is 0.684. The van der Waals surface area contributed by atoms with E-state index in [9.17, 15) is 18.0 Å². The van der Waals surface area contributed by atoms with Crippen molar-refractivity contribution in [3.63, 3.8) is 0 Å². The van der Waals surface area contributed by atoms with Gasteiger partial charge >= 0.3 is 6.18 Å².